The van der Waals surface area contributed by atoms with E-state index in [0.29, 0.717) is 0 Å². The predicted octanol–water partition coefficient (Wildman–Crippen LogP) is 1.73. The highest BCUT2D eigenvalue weighted by molar-refractivity contribution is 7.79. The fraction of sp³-hybridized carbons (Fsp3) is 0.533. The molecule has 3 N–H and O–H groups in total. The summed E-state index contributed by atoms with van der Waals surface area (Å²) >= 11 is 0. The molecule has 1 amide bonds. The number of hydrogen-bond donors (Lipinski definition) is 3. The van der Waals surface area contributed by atoms with Gasteiger partial charge in [0.15, 0.2) is 0 Å². The third-order valence-corrected chi connectivity index (χ3v) is 4.24. The Kier molecular flexibility index (Phi) is 5.41. The molecule has 0 aromatic heterocycles. The molecule has 0 aliphatic carbocycles. The van der Waals surface area contributed by atoms with E-state index in [4.69, 9.17) is 17.5 Å². The van der Waals surface area contributed by atoms with Crippen LogP contribution >= 0.6 is 0 Å². The maximum atomic E-state index is 12.4. The fourth-order valence-corrected chi connectivity index (χ4v) is 3.43. The first-order valence-corrected chi connectivity index (χ1v) is 8.99. The minimum Gasteiger partial charge on any atom is -0.325 e. The maximum Gasteiger partial charge on any atom is 0.394 e. The number of anilines is 1. The van der Waals surface area contributed by atoms with E-state index in [1.165, 1.54) is 5.56 Å². The predicted molar refractivity (Wildman–Crippen MR) is 86.9 cm³/mol. The summed E-state index contributed by atoms with van der Waals surface area (Å²) in [5, 5.41) is 3.05. The molecule has 1 saturated heterocycles. The van der Waals surface area contributed by atoms with Crippen LogP contribution in [0.1, 0.15) is 31.7 Å². The number of carbonyl (C=O) groups is 1. The Bertz CT molecular complexity index is 666. The number of nitrogens with zero attached hydrogens (tertiary/aromatic N) is 1. The number of rotatable bonds is 2. The molecule has 0 saturated carbocycles. The Morgan fingerprint density at radius 3 is 2.61 bits per heavy atom. The highest BCUT2D eigenvalue weighted by Crippen LogP contribution is 2.43. The van der Waals surface area contributed by atoms with Gasteiger partial charge in [0.2, 0.25) is 5.91 Å². The standard InChI is InChI=1S/C15H20N2O.H2O4S/c1-2-9-17-10-5-8-15(11-17)12-6-3-4-7-13(12)16-14(15)18;1-5(2,3)4/h3-4,6-7H,2,5,8-11H2,1H3,(H,16,18);(H2,1,2,3,4). The summed E-state index contributed by atoms with van der Waals surface area (Å²) in [7, 11) is -4.67. The van der Waals surface area contributed by atoms with Crippen molar-refractivity contribution in [2.24, 2.45) is 0 Å². The van der Waals surface area contributed by atoms with E-state index < -0.39 is 10.4 Å². The first-order valence-electron chi connectivity index (χ1n) is 7.59. The van der Waals surface area contributed by atoms with Gasteiger partial charge in [-0.3, -0.25) is 13.9 Å². The monoisotopic (exact) mass is 342 g/mol. The van der Waals surface area contributed by atoms with Gasteiger partial charge in [0.05, 0.1) is 5.41 Å². The average Bonchev–Trinajstić information content (AvgIpc) is 2.71. The normalized spacial score (nSPS) is 23.9. The van der Waals surface area contributed by atoms with Gasteiger partial charge < -0.3 is 10.2 Å². The summed E-state index contributed by atoms with van der Waals surface area (Å²) in [6.07, 6.45) is 3.25. The molecule has 0 radical (unpaired) electrons. The second-order valence-corrected chi connectivity index (χ2v) is 6.81. The molecule has 2 heterocycles. The Labute approximate surface area is 136 Å². The van der Waals surface area contributed by atoms with Crippen molar-refractivity contribution in [2.75, 3.05) is 25.0 Å². The molecule has 23 heavy (non-hydrogen) atoms. The molecule has 8 heteroatoms. The minimum atomic E-state index is -4.67. The van der Waals surface area contributed by atoms with Crippen LogP contribution < -0.4 is 5.32 Å². The maximum absolute atomic E-state index is 12.4. The molecule has 1 aromatic rings. The number of carbonyl (C=O) groups excluding carboxylic acids is 1. The van der Waals surface area contributed by atoms with Crippen LogP contribution in [0.3, 0.4) is 0 Å². The zero-order valence-electron chi connectivity index (χ0n) is 13.0. The number of benzene rings is 1. The number of nitrogens with one attached hydrogen (secondary N) is 1. The molecule has 7 nitrogen and oxygen atoms in total. The molecule has 1 spiro atoms. The number of amides is 1. The lowest BCUT2D eigenvalue weighted by Crippen LogP contribution is -2.50. The molecule has 0 bridgehead atoms. The van der Waals surface area contributed by atoms with E-state index >= 15 is 0 Å². The van der Waals surface area contributed by atoms with Gasteiger partial charge in [-0.2, -0.15) is 8.42 Å². The third kappa shape index (κ3) is 4.29. The highest BCUT2D eigenvalue weighted by Gasteiger charge is 2.48. The lowest BCUT2D eigenvalue weighted by atomic mass is 9.75. The van der Waals surface area contributed by atoms with Gasteiger partial charge in [-0.15, -0.1) is 0 Å². The molecule has 1 unspecified atom stereocenters. The number of para-hydroxylation sites is 1. The number of piperidine rings is 1. The van der Waals surface area contributed by atoms with Crippen LogP contribution in [-0.2, 0) is 20.6 Å². The van der Waals surface area contributed by atoms with Crippen LogP contribution in [0.2, 0.25) is 0 Å². The van der Waals surface area contributed by atoms with Crippen LogP contribution in [0.5, 0.6) is 0 Å². The van der Waals surface area contributed by atoms with E-state index in [1.807, 2.05) is 18.2 Å². The molecule has 128 valence electrons. The van der Waals surface area contributed by atoms with Crippen LogP contribution in [0.4, 0.5) is 5.69 Å². The van der Waals surface area contributed by atoms with E-state index in [0.717, 1.165) is 44.6 Å². The highest BCUT2D eigenvalue weighted by atomic mass is 32.3. The van der Waals surface area contributed by atoms with Crippen molar-refractivity contribution in [3.63, 3.8) is 0 Å². The number of fused-ring (bicyclic) bond motifs is 2. The van der Waals surface area contributed by atoms with E-state index in [-0.39, 0.29) is 11.3 Å². The summed E-state index contributed by atoms with van der Waals surface area (Å²) in [5.74, 6) is 0.199. The molecular weight excluding hydrogens is 320 g/mol. The van der Waals surface area contributed by atoms with Crippen LogP contribution in [0.15, 0.2) is 24.3 Å². The summed E-state index contributed by atoms with van der Waals surface area (Å²) < 4.78 is 31.6. The quantitative estimate of drug-likeness (QED) is 0.707. The van der Waals surface area contributed by atoms with E-state index in [2.05, 4.69) is 23.2 Å². The topological polar surface area (TPSA) is 107 Å². The average molecular weight is 342 g/mol. The summed E-state index contributed by atoms with van der Waals surface area (Å²) in [6, 6.07) is 8.16. The molecule has 1 aromatic carbocycles. The second kappa shape index (κ2) is 6.96. The molecule has 2 aliphatic rings. The largest absolute Gasteiger partial charge is 0.394 e. The first-order chi connectivity index (χ1) is 10.8. The van der Waals surface area contributed by atoms with Crippen molar-refractivity contribution in [1.29, 1.82) is 0 Å². The summed E-state index contributed by atoms with van der Waals surface area (Å²) in [4.78, 5) is 14.9. The Morgan fingerprint density at radius 2 is 1.96 bits per heavy atom. The van der Waals surface area contributed by atoms with Crippen molar-refractivity contribution < 1.29 is 22.3 Å². The van der Waals surface area contributed by atoms with E-state index in [1.54, 1.807) is 0 Å². The SMILES string of the molecule is CCCN1CCCC2(C1)C(=O)Nc1ccccc12.O=S(=O)(O)O. The third-order valence-electron chi connectivity index (χ3n) is 4.24. The van der Waals surface area contributed by atoms with E-state index in [9.17, 15) is 4.79 Å². The van der Waals surface area contributed by atoms with Crippen molar-refractivity contribution in [3.05, 3.63) is 29.8 Å². The fourth-order valence-electron chi connectivity index (χ4n) is 3.43. The van der Waals surface area contributed by atoms with Gasteiger partial charge >= 0.3 is 10.4 Å². The van der Waals surface area contributed by atoms with Gasteiger partial charge in [-0.25, -0.2) is 0 Å². The van der Waals surface area contributed by atoms with Gasteiger partial charge in [-0.05, 0) is 44.0 Å². The lowest BCUT2D eigenvalue weighted by Gasteiger charge is -2.39. The smallest absolute Gasteiger partial charge is 0.325 e. The Balaban J connectivity index is 0.000000338. The number of likely N-dealkylation sites (tertiary alicyclic amines) is 1. The van der Waals surface area contributed by atoms with Gasteiger partial charge in [0.1, 0.15) is 0 Å². The Morgan fingerprint density at radius 1 is 1.30 bits per heavy atom. The minimum absolute atomic E-state index is 0.199. The molecule has 2 aliphatic heterocycles. The van der Waals surface area contributed by atoms with Crippen molar-refractivity contribution in [2.45, 2.75) is 31.6 Å². The molecule has 1 fully saturated rings. The lowest BCUT2D eigenvalue weighted by molar-refractivity contribution is -0.122. The van der Waals surface area contributed by atoms with Crippen molar-refractivity contribution in [3.8, 4) is 0 Å². The Hall–Kier alpha value is -1.48. The van der Waals surface area contributed by atoms with Gasteiger partial charge in [0, 0.05) is 12.2 Å². The summed E-state index contributed by atoms with van der Waals surface area (Å²) in [5.41, 5.74) is 1.93. The van der Waals surface area contributed by atoms with Crippen LogP contribution in [-0.4, -0.2) is 48.0 Å². The van der Waals surface area contributed by atoms with Gasteiger partial charge in [-0.1, -0.05) is 25.1 Å². The molecule has 3 rings (SSSR count). The zero-order chi connectivity index (χ0) is 17.1. The molecular formula is C15H22N2O5S. The molecule has 1 atom stereocenters. The van der Waals surface area contributed by atoms with Crippen molar-refractivity contribution in [1.82, 2.24) is 4.90 Å². The van der Waals surface area contributed by atoms with Crippen LogP contribution in [0, 0.1) is 0 Å². The number of hydrogen-bond acceptors (Lipinski definition) is 4. The van der Waals surface area contributed by atoms with Crippen molar-refractivity contribution >= 4 is 22.0 Å². The second-order valence-electron chi connectivity index (χ2n) is 5.91. The summed E-state index contributed by atoms with van der Waals surface area (Å²) in [6.45, 7) is 5.30. The zero-order valence-corrected chi connectivity index (χ0v) is 13.8. The van der Waals surface area contributed by atoms with Crippen LogP contribution in [0.25, 0.3) is 0 Å². The first kappa shape index (κ1) is 17.9. The van der Waals surface area contributed by atoms with Gasteiger partial charge in [0.25, 0.3) is 0 Å².